The fourth-order valence-electron chi connectivity index (χ4n) is 1.49. The first kappa shape index (κ1) is 17.6. The number of carbonyl (C=O) groups excluding carboxylic acids is 1. The van der Waals surface area contributed by atoms with Crippen LogP contribution in [0.2, 0.25) is 0 Å². The van der Waals surface area contributed by atoms with Crippen molar-refractivity contribution in [3.63, 3.8) is 0 Å². The van der Waals surface area contributed by atoms with Crippen molar-refractivity contribution in [1.29, 1.82) is 0 Å². The Morgan fingerprint density at radius 1 is 1.52 bits per heavy atom. The van der Waals surface area contributed by atoms with Gasteiger partial charge in [-0.3, -0.25) is 15.5 Å². The fraction of sp³-hybridized carbons (Fsp3) is 0.231. The molecule has 10 heteroatoms. The largest absolute Gasteiger partial charge is 0.299 e. The van der Waals surface area contributed by atoms with Crippen LogP contribution in [-0.2, 0) is 4.79 Å². The van der Waals surface area contributed by atoms with Crippen molar-refractivity contribution >= 4 is 45.0 Å². The molecule has 0 aliphatic heterocycles. The number of nitrogens with one attached hydrogen (secondary N) is 1. The summed E-state index contributed by atoms with van der Waals surface area (Å²) >= 11 is 4.18. The van der Waals surface area contributed by atoms with E-state index >= 15 is 0 Å². The van der Waals surface area contributed by atoms with E-state index in [1.54, 1.807) is 6.92 Å². The van der Waals surface area contributed by atoms with Gasteiger partial charge in [0.15, 0.2) is 16.6 Å². The number of rotatable bonds is 6. The van der Waals surface area contributed by atoms with Gasteiger partial charge in [-0.2, -0.15) is 0 Å². The normalized spacial score (nSPS) is 11.6. The van der Waals surface area contributed by atoms with Crippen LogP contribution < -0.4 is 5.48 Å². The molecule has 1 aromatic carbocycles. The Balaban J connectivity index is 2.27. The maximum absolute atomic E-state index is 13.2. The number of benzene rings is 1. The van der Waals surface area contributed by atoms with Crippen LogP contribution in [0.4, 0.5) is 10.1 Å². The summed E-state index contributed by atoms with van der Waals surface area (Å²) < 4.78 is 18.1. The first-order valence-electron chi connectivity index (χ1n) is 6.46. The van der Waals surface area contributed by atoms with Gasteiger partial charge in [-0.05, 0) is 44.4 Å². The number of hydrogen-bond donors (Lipinski definition) is 2. The van der Waals surface area contributed by atoms with Gasteiger partial charge in [0.1, 0.15) is 11.6 Å². The van der Waals surface area contributed by atoms with Crippen LogP contribution >= 0.6 is 27.7 Å². The van der Waals surface area contributed by atoms with Gasteiger partial charge in [0, 0.05) is 6.42 Å². The van der Waals surface area contributed by atoms with E-state index in [1.165, 1.54) is 18.2 Å². The molecule has 0 aliphatic rings. The average molecular weight is 403 g/mol. The van der Waals surface area contributed by atoms with E-state index in [0.717, 1.165) is 11.8 Å². The number of hydroxylamine groups is 1. The van der Waals surface area contributed by atoms with Gasteiger partial charge in [-0.25, -0.2) is 14.0 Å². The quantitative estimate of drug-likeness (QED) is 0.331. The van der Waals surface area contributed by atoms with E-state index < -0.39 is 5.82 Å². The molecule has 0 fully saturated rings. The van der Waals surface area contributed by atoms with E-state index in [4.69, 9.17) is 0 Å². The number of nitrogens with zero attached hydrogens (tertiary/aromatic N) is 3. The lowest BCUT2D eigenvalue weighted by Crippen LogP contribution is -2.21. The minimum Gasteiger partial charge on any atom is -0.299 e. The first-order valence-corrected chi connectivity index (χ1v) is 8.24. The van der Waals surface area contributed by atoms with Gasteiger partial charge in [-0.1, -0.05) is 18.7 Å². The Morgan fingerprint density at radius 3 is 2.96 bits per heavy atom. The third-order valence-electron chi connectivity index (χ3n) is 2.70. The monoisotopic (exact) mass is 402 g/mol. The molecular formula is C13H12BrFN4O3S. The Labute approximate surface area is 143 Å². The maximum Gasteiger partial charge on any atom is 0.186 e. The lowest BCUT2D eigenvalue weighted by molar-refractivity contribution is -0.116. The zero-order valence-electron chi connectivity index (χ0n) is 11.9. The molecule has 0 aliphatic carbocycles. The Morgan fingerprint density at radius 2 is 2.30 bits per heavy atom. The molecule has 1 heterocycles. The molecule has 2 N–H and O–H groups in total. The second-order valence-corrected chi connectivity index (χ2v) is 6.09. The zero-order valence-corrected chi connectivity index (χ0v) is 14.3. The summed E-state index contributed by atoms with van der Waals surface area (Å²) in [6.07, 6.45) is 0.413. The van der Waals surface area contributed by atoms with Crippen LogP contribution in [0, 0.1) is 5.82 Å². The van der Waals surface area contributed by atoms with Crippen LogP contribution in [-0.4, -0.2) is 32.9 Å². The predicted octanol–water partition coefficient (Wildman–Crippen LogP) is 3.10. The zero-order chi connectivity index (χ0) is 16.8. The van der Waals surface area contributed by atoms with E-state index in [9.17, 15) is 14.4 Å². The molecule has 0 atom stereocenters. The standard InChI is InChI=1S/C13H12BrFN4O3S/c1-2-8(20)6-23-13-11(18-22-19-13)12(17-21)16-7-3-4-10(15)9(14)5-7/h3-5,21H,2,6H2,1H3,(H,16,17). The van der Waals surface area contributed by atoms with Crippen molar-refractivity contribution in [1.82, 2.24) is 15.8 Å². The van der Waals surface area contributed by atoms with Crippen molar-refractivity contribution in [2.24, 2.45) is 4.99 Å². The number of ketones is 1. The van der Waals surface area contributed by atoms with Gasteiger partial charge in [0.05, 0.1) is 15.9 Å². The highest BCUT2D eigenvalue weighted by molar-refractivity contribution is 9.10. The number of hydrogen-bond acceptors (Lipinski definition) is 7. The molecule has 7 nitrogen and oxygen atoms in total. The summed E-state index contributed by atoms with van der Waals surface area (Å²) in [6.45, 7) is 1.76. The molecule has 0 spiro atoms. The molecule has 122 valence electrons. The lowest BCUT2D eigenvalue weighted by atomic mass is 10.3. The van der Waals surface area contributed by atoms with E-state index in [-0.39, 0.29) is 27.5 Å². The molecule has 0 bridgehead atoms. The van der Waals surface area contributed by atoms with E-state index in [0.29, 0.717) is 17.1 Å². The van der Waals surface area contributed by atoms with Crippen LogP contribution in [0.25, 0.3) is 0 Å². The van der Waals surface area contributed by atoms with Gasteiger partial charge in [0.2, 0.25) is 0 Å². The number of halogens is 2. The molecule has 23 heavy (non-hydrogen) atoms. The maximum atomic E-state index is 13.2. The fourth-order valence-corrected chi connectivity index (χ4v) is 2.71. The van der Waals surface area contributed by atoms with E-state index in [1.807, 2.05) is 5.48 Å². The van der Waals surface area contributed by atoms with Gasteiger partial charge in [-0.15, -0.1) is 0 Å². The molecule has 2 aromatic rings. The molecular weight excluding hydrogens is 391 g/mol. The summed E-state index contributed by atoms with van der Waals surface area (Å²) in [5.41, 5.74) is 2.44. The highest BCUT2D eigenvalue weighted by atomic mass is 79.9. The van der Waals surface area contributed by atoms with E-state index in [2.05, 4.69) is 35.9 Å². The Bertz CT molecular complexity index is 738. The third kappa shape index (κ3) is 4.60. The molecule has 1 aromatic heterocycles. The summed E-state index contributed by atoms with van der Waals surface area (Å²) in [4.78, 5) is 15.5. The Hall–Kier alpha value is -1.78. The van der Waals surface area contributed by atoms with Crippen molar-refractivity contribution < 1.29 is 19.0 Å². The molecule has 0 radical (unpaired) electrons. The van der Waals surface area contributed by atoms with Gasteiger partial charge >= 0.3 is 0 Å². The Kier molecular flexibility index (Phi) is 6.25. The van der Waals surface area contributed by atoms with Crippen molar-refractivity contribution in [3.05, 3.63) is 34.2 Å². The minimum atomic E-state index is -0.431. The van der Waals surface area contributed by atoms with Crippen molar-refractivity contribution in [2.75, 3.05) is 5.75 Å². The van der Waals surface area contributed by atoms with Crippen LogP contribution in [0.15, 0.2) is 37.3 Å². The molecule has 0 amide bonds. The van der Waals surface area contributed by atoms with Gasteiger partial charge in [0.25, 0.3) is 0 Å². The topological polar surface area (TPSA) is 101 Å². The highest BCUT2D eigenvalue weighted by Gasteiger charge is 2.18. The van der Waals surface area contributed by atoms with Gasteiger partial charge < -0.3 is 0 Å². The molecule has 0 saturated heterocycles. The van der Waals surface area contributed by atoms with Crippen LogP contribution in [0.1, 0.15) is 19.0 Å². The summed E-state index contributed by atoms with van der Waals surface area (Å²) in [5.74, 6) is -0.212. The first-order chi connectivity index (χ1) is 11.0. The molecule has 2 rings (SSSR count). The second kappa shape index (κ2) is 8.18. The third-order valence-corrected chi connectivity index (χ3v) is 4.31. The number of carbonyl (C=O) groups is 1. The number of aromatic nitrogens is 2. The SMILES string of the molecule is CCC(=O)CSc1nonc1C(=Nc1ccc(F)c(Br)c1)NO. The highest BCUT2D eigenvalue weighted by Crippen LogP contribution is 2.24. The average Bonchev–Trinajstić information content (AvgIpc) is 3.01. The number of Topliss-reactive ketones (excluding diaryl/α,β-unsaturated/α-hetero) is 1. The molecule has 0 unspecified atom stereocenters. The smallest absolute Gasteiger partial charge is 0.186 e. The van der Waals surface area contributed by atoms with Crippen molar-refractivity contribution in [3.8, 4) is 0 Å². The second-order valence-electron chi connectivity index (χ2n) is 4.27. The minimum absolute atomic E-state index is 0.0313. The molecule has 0 saturated carbocycles. The lowest BCUT2D eigenvalue weighted by Gasteiger charge is -2.03. The summed E-state index contributed by atoms with van der Waals surface area (Å²) in [5, 5.41) is 17.0. The summed E-state index contributed by atoms with van der Waals surface area (Å²) in [6, 6.07) is 4.10. The summed E-state index contributed by atoms with van der Waals surface area (Å²) in [7, 11) is 0. The predicted molar refractivity (Wildman–Crippen MR) is 85.5 cm³/mol. The number of amidine groups is 1. The van der Waals surface area contributed by atoms with Crippen molar-refractivity contribution in [2.45, 2.75) is 18.4 Å². The number of aliphatic imine (C=N–C) groups is 1. The van der Waals surface area contributed by atoms with Crippen LogP contribution in [0.3, 0.4) is 0 Å². The number of thioether (sulfide) groups is 1. The van der Waals surface area contributed by atoms with Crippen LogP contribution in [0.5, 0.6) is 0 Å².